The van der Waals surface area contributed by atoms with Gasteiger partial charge >= 0.3 is 0 Å². The molecule has 21 heavy (non-hydrogen) atoms. The first-order valence-corrected chi connectivity index (χ1v) is 7.59. The minimum absolute atomic E-state index is 0.0553. The van der Waals surface area contributed by atoms with Gasteiger partial charge in [-0.25, -0.2) is 0 Å². The highest BCUT2D eigenvalue weighted by Crippen LogP contribution is 2.30. The van der Waals surface area contributed by atoms with Crippen LogP contribution in [0.25, 0.3) is 0 Å². The molecule has 2 N–H and O–H groups in total. The molecule has 110 valence electrons. The van der Waals surface area contributed by atoms with E-state index in [1.807, 2.05) is 24.3 Å². The maximum Gasteiger partial charge on any atom is 0.227 e. The molecule has 2 aliphatic rings. The number of allylic oxidation sites excluding steroid dienone is 2. The maximum atomic E-state index is 12.2. The van der Waals surface area contributed by atoms with Gasteiger partial charge in [0.25, 0.3) is 0 Å². The van der Waals surface area contributed by atoms with Crippen LogP contribution in [0.4, 0.5) is 11.4 Å². The summed E-state index contributed by atoms with van der Waals surface area (Å²) in [6.45, 7) is 0. The monoisotopic (exact) mass is 284 g/mol. The molecule has 3 rings (SSSR count). The Morgan fingerprint density at radius 3 is 2.14 bits per heavy atom. The van der Waals surface area contributed by atoms with E-state index >= 15 is 0 Å². The number of carbonyl (C=O) groups is 2. The van der Waals surface area contributed by atoms with Gasteiger partial charge in [0.15, 0.2) is 0 Å². The van der Waals surface area contributed by atoms with Crippen molar-refractivity contribution < 1.29 is 9.59 Å². The number of amides is 2. The van der Waals surface area contributed by atoms with E-state index in [2.05, 4.69) is 22.8 Å². The number of hydrogen-bond acceptors (Lipinski definition) is 2. The van der Waals surface area contributed by atoms with Gasteiger partial charge in [-0.3, -0.25) is 9.59 Å². The molecule has 0 heterocycles. The third-order valence-corrected chi connectivity index (χ3v) is 3.99. The van der Waals surface area contributed by atoms with Gasteiger partial charge in [0.05, 0.1) is 0 Å². The van der Waals surface area contributed by atoms with Gasteiger partial charge < -0.3 is 10.6 Å². The third-order valence-electron chi connectivity index (χ3n) is 3.99. The summed E-state index contributed by atoms with van der Waals surface area (Å²) in [5.41, 5.74) is 1.48. The predicted molar refractivity (Wildman–Crippen MR) is 82.9 cm³/mol. The molecule has 0 aromatic heterocycles. The summed E-state index contributed by atoms with van der Waals surface area (Å²) in [5.74, 6) is 0.373. The van der Waals surface area contributed by atoms with E-state index < -0.39 is 0 Å². The normalized spacial score (nSPS) is 20.9. The Morgan fingerprint density at radius 1 is 0.905 bits per heavy atom. The highest BCUT2D eigenvalue weighted by molar-refractivity contribution is 5.96. The summed E-state index contributed by atoms with van der Waals surface area (Å²) in [6, 6.07) is 7.36. The van der Waals surface area contributed by atoms with Crippen LogP contribution in [0, 0.1) is 11.8 Å². The second kappa shape index (κ2) is 6.12. The lowest BCUT2D eigenvalue weighted by Gasteiger charge is -2.17. The van der Waals surface area contributed by atoms with E-state index in [4.69, 9.17) is 0 Å². The Morgan fingerprint density at radius 2 is 1.57 bits per heavy atom. The molecule has 0 bridgehead atoms. The van der Waals surface area contributed by atoms with Crippen LogP contribution in [0.5, 0.6) is 0 Å². The molecule has 1 atom stereocenters. The third kappa shape index (κ3) is 3.72. The fraction of sp³-hybridized carbons (Fsp3) is 0.412. The van der Waals surface area contributed by atoms with E-state index in [0.717, 1.165) is 43.5 Å². The van der Waals surface area contributed by atoms with Crippen molar-refractivity contribution in [2.45, 2.75) is 32.1 Å². The van der Waals surface area contributed by atoms with Gasteiger partial charge in [-0.1, -0.05) is 18.2 Å². The van der Waals surface area contributed by atoms with Gasteiger partial charge in [0.2, 0.25) is 11.8 Å². The van der Waals surface area contributed by atoms with Crippen LogP contribution in [0.1, 0.15) is 32.1 Å². The maximum absolute atomic E-state index is 12.2. The molecular weight excluding hydrogens is 264 g/mol. The van der Waals surface area contributed by atoms with E-state index in [-0.39, 0.29) is 23.7 Å². The van der Waals surface area contributed by atoms with E-state index in [1.54, 1.807) is 0 Å². The number of hydrogen-bond donors (Lipinski definition) is 2. The molecule has 2 aliphatic carbocycles. The topological polar surface area (TPSA) is 58.2 Å². The summed E-state index contributed by atoms with van der Waals surface area (Å²) < 4.78 is 0. The van der Waals surface area contributed by atoms with Crippen molar-refractivity contribution in [3.63, 3.8) is 0 Å². The first-order valence-electron chi connectivity index (χ1n) is 7.59. The van der Waals surface area contributed by atoms with E-state index in [1.165, 1.54) is 0 Å². The number of anilines is 2. The summed E-state index contributed by atoms with van der Waals surface area (Å²) in [4.78, 5) is 23.9. The van der Waals surface area contributed by atoms with Crippen LogP contribution in [0.15, 0.2) is 36.4 Å². The van der Waals surface area contributed by atoms with Gasteiger partial charge in [0, 0.05) is 23.2 Å². The van der Waals surface area contributed by atoms with Crippen LogP contribution < -0.4 is 10.6 Å². The van der Waals surface area contributed by atoms with Crippen molar-refractivity contribution in [3.8, 4) is 0 Å². The lowest BCUT2D eigenvalue weighted by atomic mass is 9.93. The molecule has 0 aliphatic heterocycles. The number of benzene rings is 1. The summed E-state index contributed by atoms with van der Waals surface area (Å²) >= 11 is 0. The molecule has 1 aromatic rings. The molecule has 1 saturated carbocycles. The van der Waals surface area contributed by atoms with Crippen molar-refractivity contribution in [1.29, 1.82) is 0 Å². The number of nitrogens with one attached hydrogen (secondary N) is 2. The largest absolute Gasteiger partial charge is 0.326 e. The fourth-order valence-corrected chi connectivity index (χ4v) is 2.54. The van der Waals surface area contributed by atoms with Gasteiger partial charge in [-0.2, -0.15) is 0 Å². The lowest BCUT2D eigenvalue weighted by Crippen LogP contribution is -2.23. The molecule has 1 aromatic carbocycles. The lowest BCUT2D eigenvalue weighted by molar-refractivity contribution is -0.120. The molecule has 4 nitrogen and oxygen atoms in total. The quantitative estimate of drug-likeness (QED) is 0.833. The Hall–Kier alpha value is -2.10. The first-order chi connectivity index (χ1) is 10.2. The zero-order chi connectivity index (χ0) is 14.7. The minimum Gasteiger partial charge on any atom is -0.326 e. The first kappa shape index (κ1) is 13.9. The molecule has 0 spiro atoms. The van der Waals surface area contributed by atoms with Crippen molar-refractivity contribution in [2.24, 2.45) is 11.8 Å². The molecule has 1 fully saturated rings. The fourth-order valence-electron chi connectivity index (χ4n) is 2.54. The molecule has 4 heteroatoms. The molecule has 2 amide bonds. The van der Waals surface area contributed by atoms with E-state index in [0.29, 0.717) is 0 Å². The summed E-state index contributed by atoms with van der Waals surface area (Å²) in [6.07, 6.45) is 8.84. The minimum atomic E-state index is 0.0553. The highest BCUT2D eigenvalue weighted by atomic mass is 16.2. The highest BCUT2D eigenvalue weighted by Gasteiger charge is 2.29. The standard InChI is InChI=1S/C17H20N2O2/c20-16(12-5-2-1-3-6-12)18-14-7-4-8-15(11-14)19-17(21)13-9-10-13/h1-2,4,7-8,11-13H,3,5-6,9-10H2,(H,18,20)(H,19,21)/t12-/m1/s1. The smallest absolute Gasteiger partial charge is 0.227 e. The zero-order valence-corrected chi connectivity index (χ0v) is 12.0. The second-order valence-corrected chi connectivity index (χ2v) is 5.81. The van der Waals surface area contributed by atoms with Crippen molar-refractivity contribution in [1.82, 2.24) is 0 Å². The summed E-state index contributed by atoms with van der Waals surface area (Å²) in [7, 11) is 0. The van der Waals surface area contributed by atoms with Crippen LogP contribution in [0.3, 0.4) is 0 Å². The van der Waals surface area contributed by atoms with Crippen LogP contribution >= 0.6 is 0 Å². The Bertz CT molecular complexity index is 576. The van der Waals surface area contributed by atoms with Gasteiger partial charge in [-0.15, -0.1) is 0 Å². The molecule has 0 radical (unpaired) electrons. The molecular formula is C17H20N2O2. The van der Waals surface area contributed by atoms with Crippen molar-refractivity contribution in [2.75, 3.05) is 10.6 Å². The average molecular weight is 284 g/mol. The van der Waals surface area contributed by atoms with Crippen LogP contribution in [-0.4, -0.2) is 11.8 Å². The Labute approximate surface area is 124 Å². The Kier molecular flexibility index (Phi) is 4.04. The SMILES string of the molecule is O=C(Nc1cccc(NC(=O)[C@@H]2CC=CCC2)c1)C1CC1. The van der Waals surface area contributed by atoms with Crippen molar-refractivity contribution in [3.05, 3.63) is 36.4 Å². The van der Waals surface area contributed by atoms with Gasteiger partial charge in [-0.05, 0) is 50.3 Å². The summed E-state index contributed by atoms with van der Waals surface area (Å²) in [5, 5.41) is 5.84. The van der Waals surface area contributed by atoms with Gasteiger partial charge in [0.1, 0.15) is 0 Å². The molecule has 0 unspecified atom stereocenters. The van der Waals surface area contributed by atoms with Crippen LogP contribution in [-0.2, 0) is 9.59 Å². The van der Waals surface area contributed by atoms with Crippen molar-refractivity contribution >= 4 is 23.2 Å². The predicted octanol–water partition coefficient (Wildman–Crippen LogP) is 3.33. The number of rotatable bonds is 4. The van der Waals surface area contributed by atoms with E-state index in [9.17, 15) is 9.59 Å². The molecule has 0 saturated heterocycles. The average Bonchev–Trinajstić information content (AvgIpc) is 3.33. The zero-order valence-electron chi connectivity index (χ0n) is 12.0. The number of carbonyl (C=O) groups excluding carboxylic acids is 2. The Balaban J connectivity index is 1.60. The second-order valence-electron chi connectivity index (χ2n) is 5.81. The van der Waals surface area contributed by atoms with Crippen LogP contribution in [0.2, 0.25) is 0 Å².